The maximum atomic E-state index is 12.2. The average molecular weight is 261 g/mol. The van der Waals surface area contributed by atoms with Gasteiger partial charge in [0.1, 0.15) is 6.04 Å². The largest absolute Gasteiger partial charge is 0.357 e. The molecule has 1 aliphatic rings. The Labute approximate surface area is 115 Å². The van der Waals surface area contributed by atoms with E-state index in [0.29, 0.717) is 13.0 Å². The first-order chi connectivity index (χ1) is 9.17. The summed E-state index contributed by atoms with van der Waals surface area (Å²) in [4.78, 5) is 14.4. The molecule has 0 aromatic heterocycles. The van der Waals surface area contributed by atoms with Gasteiger partial charge in [0.25, 0.3) is 0 Å². The molecule has 1 aliphatic heterocycles. The van der Waals surface area contributed by atoms with E-state index in [-0.39, 0.29) is 18.0 Å². The minimum absolute atomic E-state index is 0.0927. The summed E-state index contributed by atoms with van der Waals surface area (Å²) >= 11 is 0. The van der Waals surface area contributed by atoms with E-state index in [9.17, 15) is 4.79 Å². The van der Waals surface area contributed by atoms with Crippen LogP contribution in [0.15, 0.2) is 24.3 Å². The Hall–Kier alpha value is -1.55. The lowest BCUT2D eigenvalue weighted by Crippen LogP contribution is -2.60. The van der Waals surface area contributed by atoms with Crippen LogP contribution in [0.2, 0.25) is 0 Å². The molecule has 1 aromatic carbocycles. The van der Waals surface area contributed by atoms with Crippen LogP contribution in [0, 0.1) is 0 Å². The molecule has 1 heterocycles. The van der Waals surface area contributed by atoms with Crippen LogP contribution in [-0.4, -0.2) is 31.1 Å². The van der Waals surface area contributed by atoms with Crippen molar-refractivity contribution in [2.24, 2.45) is 5.73 Å². The van der Waals surface area contributed by atoms with Gasteiger partial charge in [-0.3, -0.25) is 4.79 Å². The maximum Gasteiger partial charge on any atom is 0.243 e. The van der Waals surface area contributed by atoms with Gasteiger partial charge in [-0.1, -0.05) is 25.1 Å². The fourth-order valence-electron chi connectivity index (χ4n) is 2.75. The number of para-hydroxylation sites is 1. The van der Waals surface area contributed by atoms with Gasteiger partial charge in [0.15, 0.2) is 0 Å². The van der Waals surface area contributed by atoms with Crippen molar-refractivity contribution >= 4 is 11.6 Å². The first-order valence-corrected chi connectivity index (χ1v) is 7.02. The molecular formula is C15H23N3O. The Balaban J connectivity index is 2.34. The lowest BCUT2D eigenvalue weighted by atomic mass is 10.0. The zero-order valence-corrected chi connectivity index (χ0v) is 11.7. The number of anilines is 1. The Morgan fingerprint density at radius 1 is 1.42 bits per heavy atom. The number of nitrogens with two attached hydrogens (primary N) is 1. The van der Waals surface area contributed by atoms with E-state index < -0.39 is 0 Å². The van der Waals surface area contributed by atoms with Crippen LogP contribution in [0.4, 0.5) is 5.69 Å². The summed E-state index contributed by atoms with van der Waals surface area (Å²) in [6.45, 7) is 5.55. The van der Waals surface area contributed by atoms with E-state index in [1.165, 1.54) is 11.3 Å². The molecular weight excluding hydrogens is 238 g/mol. The molecule has 4 nitrogen and oxygen atoms in total. The van der Waals surface area contributed by atoms with Gasteiger partial charge in [-0.25, -0.2) is 0 Å². The molecule has 19 heavy (non-hydrogen) atoms. The number of aryl methyl sites for hydroxylation is 1. The highest BCUT2D eigenvalue weighted by molar-refractivity contribution is 5.87. The molecule has 0 radical (unpaired) electrons. The summed E-state index contributed by atoms with van der Waals surface area (Å²) in [5.41, 5.74) is 8.12. The lowest BCUT2D eigenvalue weighted by molar-refractivity contribution is -0.124. The highest BCUT2D eigenvalue weighted by atomic mass is 16.2. The molecule has 0 bridgehead atoms. The summed E-state index contributed by atoms with van der Waals surface area (Å²) in [7, 11) is 0. The number of nitrogens with one attached hydrogen (secondary N) is 1. The molecule has 0 aliphatic carbocycles. The van der Waals surface area contributed by atoms with Gasteiger partial charge in [0.2, 0.25) is 5.91 Å². The van der Waals surface area contributed by atoms with Crippen LogP contribution in [0.25, 0.3) is 0 Å². The van der Waals surface area contributed by atoms with Crippen molar-refractivity contribution < 1.29 is 4.79 Å². The number of piperazine rings is 1. The standard InChI is InChI=1S/C15H23N3O/c1-3-12-6-4-5-7-13(12)18-10-11(2)17-15(19)14(18)8-9-16/h4-7,11,14H,3,8-10,16H2,1-2H3,(H,17,19). The first-order valence-electron chi connectivity index (χ1n) is 7.02. The normalized spacial score (nSPS) is 23.3. The summed E-state index contributed by atoms with van der Waals surface area (Å²) < 4.78 is 0. The van der Waals surface area contributed by atoms with Crippen molar-refractivity contribution in [3.05, 3.63) is 29.8 Å². The summed E-state index contributed by atoms with van der Waals surface area (Å²) in [6, 6.07) is 8.35. The Kier molecular flexibility index (Phi) is 4.43. The Morgan fingerprint density at radius 3 is 2.84 bits per heavy atom. The summed E-state index contributed by atoms with van der Waals surface area (Å²) in [5.74, 6) is 0.0927. The minimum atomic E-state index is -0.145. The van der Waals surface area contributed by atoms with Gasteiger partial charge in [-0.15, -0.1) is 0 Å². The second-order valence-corrected chi connectivity index (χ2v) is 5.14. The van der Waals surface area contributed by atoms with Crippen molar-refractivity contribution in [1.82, 2.24) is 5.32 Å². The summed E-state index contributed by atoms with van der Waals surface area (Å²) in [5, 5.41) is 3.02. The minimum Gasteiger partial charge on any atom is -0.357 e. The van der Waals surface area contributed by atoms with Gasteiger partial charge in [0, 0.05) is 18.3 Å². The predicted molar refractivity (Wildman–Crippen MR) is 78.2 cm³/mol. The molecule has 1 saturated heterocycles. The van der Waals surface area contributed by atoms with E-state index in [2.05, 4.69) is 29.3 Å². The topological polar surface area (TPSA) is 58.4 Å². The number of rotatable bonds is 4. The molecule has 3 N–H and O–H groups in total. The van der Waals surface area contributed by atoms with Crippen LogP contribution in [0.3, 0.4) is 0 Å². The third-order valence-electron chi connectivity index (χ3n) is 3.66. The molecule has 1 aromatic rings. The van der Waals surface area contributed by atoms with Gasteiger partial charge in [0.05, 0.1) is 0 Å². The van der Waals surface area contributed by atoms with Gasteiger partial charge in [-0.2, -0.15) is 0 Å². The highest BCUT2D eigenvalue weighted by Crippen LogP contribution is 2.26. The van der Waals surface area contributed by atoms with Crippen molar-refractivity contribution in [1.29, 1.82) is 0 Å². The fourth-order valence-corrected chi connectivity index (χ4v) is 2.75. The van der Waals surface area contributed by atoms with Gasteiger partial charge >= 0.3 is 0 Å². The van der Waals surface area contributed by atoms with E-state index in [4.69, 9.17) is 5.73 Å². The molecule has 0 saturated carbocycles. The van der Waals surface area contributed by atoms with Crippen molar-refractivity contribution in [3.63, 3.8) is 0 Å². The van der Waals surface area contributed by atoms with Gasteiger partial charge in [-0.05, 0) is 37.9 Å². The molecule has 4 heteroatoms. The number of carbonyl (C=O) groups is 1. The molecule has 104 valence electrons. The van der Waals surface area contributed by atoms with Crippen LogP contribution in [-0.2, 0) is 11.2 Å². The molecule has 1 amide bonds. The second kappa shape index (κ2) is 6.06. The predicted octanol–water partition coefficient (Wildman–Crippen LogP) is 1.29. The third kappa shape index (κ3) is 2.89. The number of amides is 1. The van der Waals surface area contributed by atoms with Gasteiger partial charge < -0.3 is 16.0 Å². The maximum absolute atomic E-state index is 12.2. The summed E-state index contributed by atoms with van der Waals surface area (Å²) in [6.07, 6.45) is 1.66. The molecule has 2 unspecified atom stereocenters. The van der Waals surface area contributed by atoms with Crippen LogP contribution >= 0.6 is 0 Å². The highest BCUT2D eigenvalue weighted by Gasteiger charge is 2.32. The van der Waals surface area contributed by atoms with Crippen LogP contribution < -0.4 is 16.0 Å². The van der Waals surface area contributed by atoms with Crippen LogP contribution in [0.5, 0.6) is 0 Å². The molecule has 2 rings (SSSR count). The Morgan fingerprint density at radius 2 is 2.16 bits per heavy atom. The smallest absolute Gasteiger partial charge is 0.243 e. The van der Waals surface area contributed by atoms with Crippen LogP contribution in [0.1, 0.15) is 25.8 Å². The quantitative estimate of drug-likeness (QED) is 0.858. The molecule has 1 fully saturated rings. The van der Waals surface area contributed by atoms with E-state index in [1.54, 1.807) is 0 Å². The zero-order chi connectivity index (χ0) is 13.8. The number of carbonyl (C=O) groups excluding carboxylic acids is 1. The number of benzene rings is 1. The van der Waals surface area contributed by atoms with Crippen molar-refractivity contribution in [2.75, 3.05) is 18.0 Å². The first kappa shape index (κ1) is 13.9. The van der Waals surface area contributed by atoms with Crippen molar-refractivity contribution in [2.45, 2.75) is 38.8 Å². The van der Waals surface area contributed by atoms with E-state index in [1.807, 2.05) is 19.1 Å². The molecule has 0 spiro atoms. The third-order valence-corrected chi connectivity index (χ3v) is 3.66. The lowest BCUT2D eigenvalue weighted by Gasteiger charge is -2.40. The van der Waals surface area contributed by atoms with Crippen molar-refractivity contribution in [3.8, 4) is 0 Å². The SMILES string of the molecule is CCc1ccccc1N1CC(C)NC(=O)C1CCN. The second-order valence-electron chi connectivity index (χ2n) is 5.14. The fraction of sp³-hybridized carbons (Fsp3) is 0.533. The monoisotopic (exact) mass is 261 g/mol. The zero-order valence-electron chi connectivity index (χ0n) is 11.7. The number of hydrogen-bond donors (Lipinski definition) is 2. The number of nitrogens with zero attached hydrogens (tertiary/aromatic N) is 1. The molecule has 2 atom stereocenters. The Bertz CT molecular complexity index is 447. The average Bonchev–Trinajstić information content (AvgIpc) is 2.41. The number of hydrogen-bond acceptors (Lipinski definition) is 3. The van der Waals surface area contributed by atoms with E-state index in [0.717, 1.165) is 13.0 Å². The van der Waals surface area contributed by atoms with E-state index >= 15 is 0 Å².